The Morgan fingerprint density at radius 3 is 2.72 bits per heavy atom. The van der Waals surface area contributed by atoms with Crippen molar-refractivity contribution in [2.24, 2.45) is 5.92 Å². The van der Waals surface area contributed by atoms with Gasteiger partial charge in [0.15, 0.2) is 0 Å². The predicted molar refractivity (Wildman–Crippen MR) is 64.8 cm³/mol. The maximum Gasteiger partial charge on any atom is 0.328 e. The van der Waals surface area contributed by atoms with Gasteiger partial charge in [0.1, 0.15) is 6.04 Å². The normalized spacial score (nSPS) is 20.9. The van der Waals surface area contributed by atoms with Crippen molar-refractivity contribution in [1.82, 2.24) is 10.2 Å². The molecule has 2 unspecified atom stereocenters. The van der Waals surface area contributed by atoms with E-state index >= 15 is 0 Å². The highest BCUT2D eigenvalue weighted by Gasteiger charge is 2.32. The smallest absolute Gasteiger partial charge is 0.328 e. The van der Waals surface area contributed by atoms with Crippen LogP contribution in [0.25, 0.3) is 0 Å². The molecule has 6 heteroatoms. The number of hydrogen-bond donors (Lipinski definition) is 2. The Bertz CT molecular complexity index is 343. The first kappa shape index (κ1) is 14.5. The summed E-state index contributed by atoms with van der Waals surface area (Å²) in [4.78, 5) is 35.1. The van der Waals surface area contributed by atoms with E-state index in [-0.39, 0.29) is 12.5 Å². The van der Waals surface area contributed by atoms with Crippen molar-refractivity contribution in [3.63, 3.8) is 0 Å². The summed E-state index contributed by atoms with van der Waals surface area (Å²) in [6, 6.07) is -1.02. The van der Waals surface area contributed by atoms with E-state index in [9.17, 15) is 14.4 Å². The van der Waals surface area contributed by atoms with Gasteiger partial charge in [0.2, 0.25) is 11.8 Å². The molecule has 1 rings (SSSR count). The van der Waals surface area contributed by atoms with E-state index in [0.717, 1.165) is 12.8 Å². The molecule has 102 valence electrons. The average molecular weight is 256 g/mol. The van der Waals surface area contributed by atoms with Crippen molar-refractivity contribution in [1.29, 1.82) is 0 Å². The summed E-state index contributed by atoms with van der Waals surface area (Å²) in [5, 5.41) is 11.3. The number of carboxylic acids is 1. The largest absolute Gasteiger partial charge is 0.480 e. The molecular weight excluding hydrogens is 236 g/mol. The highest BCUT2D eigenvalue weighted by molar-refractivity contribution is 5.84. The van der Waals surface area contributed by atoms with Gasteiger partial charge >= 0.3 is 5.97 Å². The number of amides is 2. The summed E-state index contributed by atoms with van der Waals surface area (Å²) in [7, 11) is 0. The van der Waals surface area contributed by atoms with E-state index in [2.05, 4.69) is 12.2 Å². The summed E-state index contributed by atoms with van der Waals surface area (Å²) in [5.74, 6) is -1.23. The van der Waals surface area contributed by atoms with Crippen molar-refractivity contribution < 1.29 is 19.5 Å². The molecule has 1 heterocycles. The van der Waals surface area contributed by atoms with Crippen LogP contribution < -0.4 is 5.32 Å². The van der Waals surface area contributed by atoms with Crippen LogP contribution in [0.15, 0.2) is 0 Å². The average Bonchev–Trinajstić information content (AvgIpc) is 2.58. The molecule has 2 N–H and O–H groups in total. The summed E-state index contributed by atoms with van der Waals surface area (Å²) in [6.45, 7) is 3.97. The van der Waals surface area contributed by atoms with Crippen LogP contribution in [0.4, 0.5) is 0 Å². The molecule has 1 aliphatic heterocycles. The lowest BCUT2D eigenvalue weighted by Crippen LogP contribution is -2.48. The summed E-state index contributed by atoms with van der Waals surface area (Å²) in [6.07, 6.45) is 2.47. The SMILES string of the molecule is CCCC1CC(=O)N(CC(NC(C)=O)C(=O)O)C1. The van der Waals surface area contributed by atoms with Crippen LogP contribution in [0.5, 0.6) is 0 Å². The molecule has 1 saturated heterocycles. The van der Waals surface area contributed by atoms with Gasteiger partial charge in [0.05, 0.1) is 6.54 Å². The minimum Gasteiger partial charge on any atom is -0.480 e. The number of hydrogen-bond acceptors (Lipinski definition) is 3. The monoisotopic (exact) mass is 256 g/mol. The molecule has 2 amide bonds. The lowest BCUT2D eigenvalue weighted by Gasteiger charge is -2.21. The topological polar surface area (TPSA) is 86.7 Å². The van der Waals surface area contributed by atoms with Crippen molar-refractivity contribution in [2.75, 3.05) is 13.1 Å². The quantitative estimate of drug-likeness (QED) is 0.712. The maximum absolute atomic E-state index is 11.7. The lowest BCUT2D eigenvalue weighted by atomic mass is 10.0. The minimum absolute atomic E-state index is 0.0231. The summed E-state index contributed by atoms with van der Waals surface area (Å²) >= 11 is 0. The lowest BCUT2D eigenvalue weighted by molar-refractivity contribution is -0.142. The number of carbonyl (C=O) groups is 3. The third kappa shape index (κ3) is 4.01. The van der Waals surface area contributed by atoms with Crippen LogP contribution in [-0.2, 0) is 14.4 Å². The predicted octanol–water partition coefficient (Wildman–Crippen LogP) is 0.224. The third-order valence-corrected chi connectivity index (χ3v) is 3.07. The number of carbonyl (C=O) groups excluding carboxylic acids is 2. The fourth-order valence-corrected chi connectivity index (χ4v) is 2.28. The molecule has 2 atom stereocenters. The van der Waals surface area contributed by atoms with Gasteiger partial charge in [0, 0.05) is 19.9 Å². The molecule has 0 bridgehead atoms. The molecule has 0 radical (unpaired) electrons. The number of likely N-dealkylation sites (tertiary alicyclic amines) is 1. The third-order valence-electron chi connectivity index (χ3n) is 3.07. The minimum atomic E-state index is -1.11. The molecule has 0 spiro atoms. The van der Waals surface area contributed by atoms with Gasteiger partial charge in [-0.25, -0.2) is 4.79 Å². The van der Waals surface area contributed by atoms with Crippen LogP contribution in [0.1, 0.15) is 33.1 Å². The van der Waals surface area contributed by atoms with Gasteiger partial charge in [-0.05, 0) is 12.3 Å². The van der Waals surface area contributed by atoms with Gasteiger partial charge in [0.25, 0.3) is 0 Å². The zero-order valence-corrected chi connectivity index (χ0v) is 10.8. The fraction of sp³-hybridized carbons (Fsp3) is 0.750. The number of nitrogens with zero attached hydrogens (tertiary/aromatic N) is 1. The van der Waals surface area contributed by atoms with Crippen molar-refractivity contribution in [3.8, 4) is 0 Å². The first-order valence-corrected chi connectivity index (χ1v) is 6.21. The Labute approximate surface area is 106 Å². The second kappa shape index (κ2) is 6.37. The highest BCUT2D eigenvalue weighted by Crippen LogP contribution is 2.22. The van der Waals surface area contributed by atoms with Crippen LogP contribution in [0.2, 0.25) is 0 Å². The fourth-order valence-electron chi connectivity index (χ4n) is 2.28. The molecule has 0 aromatic carbocycles. The zero-order valence-electron chi connectivity index (χ0n) is 10.8. The number of carboxylic acid groups (broad SMARTS) is 1. The number of nitrogens with one attached hydrogen (secondary N) is 1. The molecule has 1 fully saturated rings. The van der Waals surface area contributed by atoms with Gasteiger partial charge in [-0.1, -0.05) is 13.3 Å². The van der Waals surface area contributed by atoms with E-state index < -0.39 is 17.9 Å². The Kier molecular flexibility index (Phi) is 5.12. The van der Waals surface area contributed by atoms with Crippen molar-refractivity contribution in [2.45, 2.75) is 39.2 Å². The highest BCUT2D eigenvalue weighted by atomic mass is 16.4. The molecule has 0 saturated carbocycles. The van der Waals surface area contributed by atoms with Gasteiger partial charge < -0.3 is 15.3 Å². The molecule has 0 aromatic heterocycles. The van der Waals surface area contributed by atoms with Crippen LogP contribution >= 0.6 is 0 Å². The Hall–Kier alpha value is -1.59. The Balaban J connectivity index is 2.56. The van der Waals surface area contributed by atoms with Crippen molar-refractivity contribution in [3.05, 3.63) is 0 Å². The van der Waals surface area contributed by atoms with E-state index in [1.165, 1.54) is 11.8 Å². The van der Waals surface area contributed by atoms with E-state index in [1.807, 2.05) is 0 Å². The van der Waals surface area contributed by atoms with Crippen LogP contribution in [-0.4, -0.2) is 46.9 Å². The first-order chi connectivity index (χ1) is 8.43. The number of aliphatic carboxylic acids is 1. The van der Waals surface area contributed by atoms with E-state index in [0.29, 0.717) is 18.9 Å². The summed E-state index contributed by atoms with van der Waals surface area (Å²) in [5.41, 5.74) is 0. The zero-order chi connectivity index (χ0) is 13.7. The van der Waals surface area contributed by atoms with Crippen LogP contribution in [0.3, 0.4) is 0 Å². The number of rotatable bonds is 6. The Morgan fingerprint density at radius 2 is 2.22 bits per heavy atom. The molecule has 0 aliphatic carbocycles. The van der Waals surface area contributed by atoms with Gasteiger partial charge in [-0.3, -0.25) is 9.59 Å². The summed E-state index contributed by atoms with van der Waals surface area (Å²) < 4.78 is 0. The van der Waals surface area contributed by atoms with E-state index in [4.69, 9.17) is 5.11 Å². The standard InChI is InChI=1S/C12H20N2O4/c1-3-4-9-5-11(16)14(6-9)7-10(12(17)18)13-8(2)15/h9-10H,3-7H2,1-2H3,(H,13,15)(H,17,18). The molecular formula is C12H20N2O4. The van der Waals surface area contributed by atoms with Crippen LogP contribution in [0, 0.1) is 5.92 Å². The van der Waals surface area contributed by atoms with E-state index in [1.54, 1.807) is 0 Å². The van der Waals surface area contributed by atoms with Crippen molar-refractivity contribution >= 4 is 17.8 Å². The molecule has 1 aliphatic rings. The van der Waals surface area contributed by atoms with Gasteiger partial charge in [-0.2, -0.15) is 0 Å². The molecule has 18 heavy (non-hydrogen) atoms. The Morgan fingerprint density at radius 1 is 1.56 bits per heavy atom. The first-order valence-electron chi connectivity index (χ1n) is 6.21. The second-order valence-corrected chi connectivity index (χ2v) is 4.75. The second-order valence-electron chi connectivity index (χ2n) is 4.75. The maximum atomic E-state index is 11.7. The molecule has 6 nitrogen and oxygen atoms in total. The molecule has 0 aromatic rings. The van der Waals surface area contributed by atoms with Gasteiger partial charge in [-0.15, -0.1) is 0 Å².